The molecular formula is C12H15NO5S. The highest BCUT2D eigenvalue weighted by Crippen LogP contribution is 2.23. The average Bonchev–Trinajstić information content (AvgIpc) is 2.37. The van der Waals surface area contributed by atoms with Crippen molar-refractivity contribution in [1.29, 1.82) is 0 Å². The number of carbonyl (C=O) groups is 1. The van der Waals surface area contributed by atoms with Crippen LogP contribution in [0.25, 0.3) is 0 Å². The maximum absolute atomic E-state index is 11.9. The van der Waals surface area contributed by atoms with Crippen LogP contribution >= 0.6 is 0 Å². The molecule has 0 unspecified atom stereocenters. The van der Waals surface area contributed by atoms with Crippen molar-refractivity contribution in [1.82, 2.24) is 4.89 Å². The molecule has 0 amide bonds. The molecule has 0 spiro atoms. The first-order chi connectivity index (χ1) is 8.99. The highest BCUT2D eigenvalue weighted by atomic mass is 32.2. The van der Waals surface area contributed by atoms with E-state index in [0.717, 1.165) is 31.2 Å². The van der Waals surface area contributed by atoms with Gasteiger partial charge in [0, 0.05) is 0 Å². The Balaban J connectivity index is 2.14. The van der Waals surface area contributed by atoms with Gasteiger partial charge in [0.15, 0.2) is 6.61 Å². The van der Waals surface area contributed by atoms with E-state index in [1.54, 1.807) is 17.0 Å². The molecule has 0 fully saturated rings. The maximum Gasteiger partial charge on any atom is 0.331 e. The third kappa shape index (κ3) is 3.52. The molecule has 0 radical (unpaired) electrons. The molecule has 0 aliphatic heterocycles. The summed E-state index contributed by atoms with van der Waals surface area (Å²) in [7, 11) is -3.82. The Kier molecular flexibility index (Phi) is 4.18. The van der Waals surface area contributed by atoms with Crippen molar-refractivity contribution in [3.8, 4) is 0 Å². The minimum Gasteiger partial charge on any atom is -0.479 e. The molecule has 1 aromatic carbocycles. The SMILES string of the molecule is O=C(O)CONS(=O)(=O)c1ccc2c(c1)CCCC2. The summed E-state index contributed by atoms with van der Waals surface area (Å²) >= 11 is 0. The smallest absolute Gasteiger partial charge is 0.331 e. The zero-order valence-corrected chi connectivity index (χ0v) is 11.1. The molecule has 1 aliphatic carbocycles. The van der Waals surface area contributed by atoms with Gasteiger partial charge in [-0.25, -0.2) is 13.2 Å². The molecule has 2 N–H and O–H groups in total. The largest absolute Gasteiger partial charge is 0.479 e. The van der Waals surface area contributed by atoms with Crippen molar-refractivity contribution in [3.63, 3.8) is 0 Å². The first-order valence-electron chi connectivity index (χ1n) is 5.96. The van der Waals surface area contributed by atoms with E-state index in [-0.39, 0.29) is 4.90 Å². The van der Waals surface area contributed by atoms with E-state index in [2.05, 4.69) is 4.84 Å². The fourth-order valence-electron chi connectivity index (χ4n) is 2.09. The Morgan fingerprint density at radius 1 is 1.26 bits per heavy atom. The van der Waals surface area contributed by atoms with E-state index in [1.807, 2.05) is 0 Å². The highest BCUT2D eigenvalue weighted by Gasteiger charge is 2.18. The number of aryl methyl sites for hydroxylation is 2. The van der Waals surface area contributed by atoms with Gasteiger partial charge < -0.3 is 5.11 Å². The van der Waals surface area contributed by atoms with E-state index in [1.165, 1.54) is 11.6 Å². The fraction of sp³-hybridized carbons (Fsp3) is 0.417. The summed E-state index contributed by atoms with van der Waals surface area (Å²) in [5, 5.41) is 8.38. The van der Waals surface area contributed by atoms with Crippen molar-refractivity contribution < 1.29 is 23.2 Å². The van der Waals surface area contributed by atoms with Gasteiger partial charge in [-0.15, -0.1) is 0 Å². The number of hydrogen-bond acceptors (Lipinski definition) is 4. The zero-order chi connectivity index (χ0) is 13.9. The van der Waals surface area contributed by atoms with Crippen LogP contribution in [-0.4, -0.2) is 26.1 Å². The third-order valence-corrected chi connectivity index (χ3v) is 4.21. The molecule has 0 heterocycles. The summed E-state index contributed by atoms with van der Waals surface area (Å²) in [5.74, 6) is -1.24. The first-order valence-corrected chi connectivity index (χ1v) is 7.44. The molecule has 104 valence electrons. The van der Waals surface area contributed by atoms with Gasteiger partial charge in [-0.05, 0) is 48.9 Å². The van der Waals surface area contributed by atoms with Crippen LogP contribution in [0.5, 0.6) is 0 Å². The van der Waals surface area contributed by atoms with E-state index >= 15 is 0 Å². The summed E-state index contributed by atoms with van der Waals surface area (Å²) < 4.78 is 23.7. The van der Waals surface area contributed by atoms with Gasteiger partial charge in [0.25, 0.3) is 10.0 Å². The number of hydrogen-bond donors (Lipinski definition) is 2. The lowest BCUT2D eigenvalue weighted by atomic mass is 9.92. The maximum atomic E-state index is 11.9. The molecule has 0 saturated carbocycles. The van der Waals surface area contributed by atoms with E-state index in [9.17, 15) is 13.2 Å². The molecule has 6 nitrogen and oxygen atoms in total. The van der Waals surface area contributed by atoms with E-state index in [4.69, 9.17) is 5.11 Å². The molecule has 0 aromatic heterocycles. The standard InChI is InChI=1S/C12H15NO5S/c14-12(15)8-18-13-19(16,17)11-6-5-9-3-1-2-4-10(9)7-11/h5-7,13H,1-4,8H2,(H,14,15). The van der Waals surface area contributed by atoms with Crippen LogP contribution in [0.4, 0.5) is 0 Å². The van der Waals surface area contributed by atoms with Crippen molar-refractivity contribution in [2.45, 2.75) is 30.6 Å². The fourth-order valence-corrected chi connectivity index (χ4v) is 2.95. The lowest BCUT2D eigenvalue weighted by Gasteiger charge is -2.16. The summed E-state index contributed by atoms with van der Waals surface area (Å²) in [6.07, 6.45) is 4.02. The monoisotopic (exact) mass is 285 g/mol. The normalized spacial score (nSPS) is 14.9. The number of fused-ring (bicyclic) bond motifs is 1. The van der Waals surface area contributed by atoms with Gasteiger partial charge in [0.1, 0.15) is 0 Å². The molecule has 7 heteroatoms. The summed E-state index contributed by atoms with van der Waals surface area (Å²) in [6, 6.07) is 4.94. The lowest BCUT2D eigenvalue weighted by Crippen LogP contribution is -2.27. The lowest BCUT2D eigenvalue weighted by molar-refractivity contribution is -0.143. The highest BCUT2D eigenvalue weighted by molar-refractivity contribution is 7.89. The van der Waals surface area contributed by atoms with Crippen molar-refractivity contribution in [2.75, 3.05) is 6.61 Å². The number of benzene rings is 1. The quantitative estimate of drug-likeness (QED) is 0.783. The van der Waals surface area contributed by atoms with Gasteiger partial charge in [0.05, 0.1) is 4.90 Å². The molecule has 1 aromatic rings. The number of carboxylic acids is 1. The molecule has 0 saturated heterocycles. The Labute approximate surface area is 111 Å². The topological polar surface area (TPSA) is 92.7 Å². The third-order valence-electron chi connectivity index (χ3n) is 2.99. The van der Waals surface area contributed by atoms with Crippen LogP contribution in [-0.2, 0) is 32.5 Å². The minimum atomic E-state index is -3.82. The van der Waals surface area contributed by atoms with Crippen LogP contribution in [0, 0.1) is 0 Å². The zero-order valence-electron chi connectivity index (χ0n) is 10.3. The Morgan fingerprint density at radius 2 is 1.95 bits per heavy atom. The van der Waals surface area contributed by atoms with Crippen molar-refractivity contribution in [2.24, 2.45) is 0 Å². The van der Waals surface area contributed by atoms with Crippen LogP contribution in [0.1, 0.15) is 24.0 Å². The second-order valence-electron chi connectivity index (χ2n) is 4.41. The average molecular weight is 285 g/mol. The molecule has 0 bridgehead atoms. The second-order valence-corrected chi connectivity index (χ2v) is 6.05. The number of nitrogens with one attached hydrogen (secondary N) is 1. The van der Waals surface area contributed by atoms with Gasteiger partial charge in [-0.1, -0.05) is 11.0 Å². The number of aliphatic carboxylic acids is 1. The second kappa shape index (κ2) is 5.68. The Hall–Kier alpha value is -1.44. The van der Waals surface area contributed by atoms with Crippen molar-refractivity contribution in [3.05, 3.63) is 29.3 Å². The summed E-state index contributed by atoms with van der Waals surface area (Å²) in [4.78, 5) is 16.6. The van der Waals surface area contributed by atoms with Crippen LogP contribution < -0.4 is 4.89 Å². The molecule has 0 atom stereocenters. The first kappa shape index (κ1) is 14.0. The molecular weight excluding hydrogens is 270 g/mol. The number of carboxylic acid groups (broad SMARTS) is 1. The number of rotatable bonds is 5. The van der Waals surface area contributed by atoms with E-state index < -0.39 is 22.6 Å². The minimum absolute atomic E-state index is 0.0959. The van der Waals surface area contributed by atoms with Gasteiger partial charge in [0.2, 0.25) is 0 Å². The van der Waals surface area contributed by atoms with Crippen molar-refractivity contribution >= 4 is 16.0 Å². The van der Waals surface area contributed by atoms with Gasteiger partial charge in [-0.2, -0.15) is 0 Å². The number of sulfonamides is 1. The molecule has 1 aliphatic rings. The predicted octanol–water partition coefficient (Wildman–Crippen LogP) is 0.860. The molecule has 2 rings (SSSR count). The summed E-state index contributed by atoms with van der Waals surface area (Å²) in [5.41, 5.74) is 2.21. The van der Waals surface area contributed by atoms with Gasteiger partial charge >= 0.3 is 5.97 Å². The van der Waals surface area contributed by atoms with Crippen LogP contribution in [0.2, 0.25) is 0 Å². The predicted molar refractivity (Wildman–Crippen MR) is 67.0 cm³/mol. The Morgan fingerprint density at radius 3 is 2.63 bits per heavy atom. The van der Waals surface area contributed by atoms with Crippen LogP contribution in [0.15, 0.2) is 23.1 Å². The summed E-state index contributed by atoms with van der Waals surface area (Å²) in [6.45, 7) is -0.718. The van der Waals surface area contributed by atoms with Gasteiger partial charge in [-0.3, -0.25) is 4.84 Å². The molecule has 19 heavy (non-hydrogen) atoms. The van der Waals surface area contributed by atoms with Crippen LogP contribution in [0.3, 0.4) is 0 Å². The van der Waals surface area contributed by atoms with E-state index in [0.29, 0.717) is 0 Å². The Bertz CT molecular complexity index is 582.